The molecule has 1 unspecified atom stereocenters. The van der Waals surface area contributed by atoms with Gasteiger partial charge in [-0.3, -0.25) is 0 Å². The Balaban J connectivity index is 2.05. The summed E-state index contributed by atoms with van der Waals surface area (Å²) < 4.78 is 2.13. The summed E-state index contributed by atoms with van der Waals surface area (Å²) in [5.74, 6) is 1.06. The zero-order valence-corrected chi connectivity index (χ0v) is 12.3. The first kappa shape index (κ1) is 14.0. The highest BCUT2D eigenvalue weighted by Crippen LogP contribution is 2.16. The first-order valence-electron chi connectivity index (χ1n) is 6.83. The van der Waals surface area contributed by atoms with Gasteiger partial charge in [-0.25, -0.2) is 4.98 Å². The maximum Gasteiger partial charge on any atom is 0.106 e. The van der Waals surface area contributed by atoms with E-state index >= 15 is 0 Å². The summed E-state index contributed by atoms with van der Waals surface area (Å²) in [5.41, 5.74) is 9.43. The molecule has 1 heterocycles. The van der Waals surface area contributed by atoms with E-state index in [1.54, 1.807) is 0 Å². The molecular formula is C15H24N4. The number of imidazole rings is 1. The summed E-state index contributed by atoms with van der Waals surface area (Å²) in [6.45, 7) is 6.04. The van der Waals surface area contributed by atoms with Crippen LogP contribution in [0.1, 0.15) is 18.3 Å². The first-order chi connectivity index (χ1) is 8.97. The fraction of sp³-hybridized carbons (Fsp3) is 0.533. The highest BCUT2D eigenvalue weighted by atomic mass is 15.1. The molecule has 0 aliphatic carbocycles. The van der Waals surface area contributed by atoms with Gasteiger partial charge in [-0.2, -0.15) is 0 Å². The molecule has 19 heavy (non-hydrogen) atoms. The lowest BCUT2D eigenvalue weighted by molar-refractivity contribution is 0.321. The van der Waals surface area contributed by atoms with Gasteiger partial charge in [0.25, 0.3) is 0 Å². The van der Waals surface area contributed by atoms with Crippen molar-refractivity contribution in [3.63, 3.8) is 0 Å². The maximum atomic E-state index is 5.80. The Bertz CT molecular complexity index is 557. The summed E-state index contributed by atoms with van der Waals surface area (Å²) in [6.07, 6.45) is 1.04. The summed E-state index contributed by atoms with van der Waals surface area (Å²) in [6, 6.07) is 6.78. The van der Waals surface area contributed by atoms with Crippen molar-refractivity contribution in [3.05, 3.63) is 29.6 Å². The Kier molecular flexibility index (Phi) is 4.22. The van der Waals surface area contributed by atoms with Crippen LogP contribution in [0.2, 0.25) is 0 Å². The summed E-state index contributed by atoms with van der Waals surface area (Å²) in [7, 11) is 4.17. The van der Waals surface area contributed by atoms with Crippen LogP contribution in [0.15, 0.2) is 18.2 Å². The van der Waals surface area contributed by atoms with Crippen LogP contribution in [0, 0.1) is 6.92 Å². The minimum Gasteiger partial charge on any atom is -0.331 e. The molecule has 1 atom stereocenters. The average Bonchev–Trinajstić information content (AvgIpc) is 2.61. The van der Waals surface area contributed by atoms with Gasteiger partial charge in [-0.05, 0) is 45.0 Å². The minimum atomic E-state index is 0.228. The van der Waals surface area contributed by atoms with Gasteiger partial charge in [0.1, 0.15) is 5.82 Å². The molecule has 0 saturated heterocycles. The molecule has 0 bridgehead atoms. The second-order valence-electron chi connectivity index (χ2n) is 5.53. The van der Waals surface area contributed by atoms with Crippen LogP contribution in [0.5, 0.6) is 0 Å². The van der Waals surface area contributed by atoms with Gasteiger partial charge in [0.05, 0.1) is 11.0 Å². The summed E-state index contributed by atoms with van der Waals surface area (Å²) in [4.78, 5) is 6.85. The van der Waals surface area contributed by atoms with E-state index in [2.05, 4.69) is 46.7 Å². The van der Waals surface area contributed by atoms with Crippen molar-refractivity contribution in [2.45, 2.75) is 26.3 Å². The third-order valence-corrected chi connectivity index (χ3v) is 3.55. The molecular weight excluding hydrogens is 236 g/mol. The van der Waals surface area contributed by atoms with E-state index in [-0.39, 0.29) is 6.04 Å². The molecule has 0 aliphatic heterocycles. The van der Waals surface area contributed by atoms with Crippen LogP contribution in [0.3, 0.4) is 0 Å². The molecule has 0 amide bonds. The fourth-order valence-electron chi connectivity index (χ4n) is 2.42. The van der Waals surface area contributed by atoms with Crippen LogP contribution in [-0.2, 0) is 13.5 Å². The molecule has 104 valence electrons. The summed E-state index contributed by atoms with van der Waals surface area (Å²) >= 11 is 0. The number of fused-ring (bicyclic) bond motifs is 1. The number of aromatic nitrogens is 2. The van der Waals surface area contributed by atoms with Crippen molar-refractivity contribution in [1.29, 1.82) is 0 Å². The van der Waals surface area contributed by atoms with E-state index in [0.29, 0.717) is 0 Å². The molecule has 4 heteroatoms. The second-order valence-corrected chi connectivity index (χ2v) is 5.53. The Hall–Kier alpha value is -1.39. The fourth-order valence-corrected chi connectivity index (χ4v) is 2.42. The number of rotatable bonds is 5. The van der Waals surface area contributed by atoms with E-state index in [9.17, 15) is 0 Å². The smallest absolute Gasteiger partial charge is 0.106 e. The number of likely N-dealkylation sites (N-methyl/N-ethyl adjacent to an activating group) is 1. The van der Waals surface area contributed by atoms with Crippen molar-refractivity contribution in [1.82, 2.24) is 14.5 Å². The van der Waals surface area contributed by atoms with Crippen LogP contribution in [0.25, 0.3) is 11.0 Å². The molecule has 0 spiro atoms. The molecule has 1 aromatic carbocycles. The largest absolute Gasteiger partial charge is 0.331 e. The topological polar surface area (TPSA) is 47.1 Å². The van der Waals surface area contributed by atoms with Gasteiger partial charge >= 0.3 is 0 Å². The van der Waals surface area contributed by atoms with Crippen LogP contribution in [-0.4, -0.2) is 40.6 Å². The maximum absolute atomic E-state index is 5.80. The van der Waals surface area contributed by atoms with Crippen molar-refractivity contribution in [3.8, 4) is 0 Å². The first-order valence-corrected chi connectivity index (χ1v) is 6.83. The highest BCUT2D eigenvalue weighted by Gasteiger charge is 2.06. The van der Waals surface area contributed by atoms with Gasteiger partial charge in [0.15, 0.2) is 0 Å². The van der Waals surface area contributed by atoms with Gasteiger partial charge in [0, 0.05) is 26.2 Å². The standard InChI is InChI=1S/C15H24N4/c1-11(16)10-18(3)8-7-13-5-6-15-14(9-13)17-12(2)19(15)4/h5-6,9,11H,7-8,10,16H2,1-4H3. The predicted molar refractivity (Wildman–Crippen MR) is 80.3 cm³/mol. The van der Waals surface area contributed by atoms with Crippen molar-refractivity contribution < 1.29 is 0 Å². The van der Waals surface area contributed by atoms with E-state index in [1.165, 1.54) is 11.1 Å². The number of hydrogen-bond acceptors (Lipinski definition) is 3. The number of benzene rings is 1. The normalized spacial score (nSPS) is 13.4. The lowest BCUT2D eigenvalue weighted by Crippen LogP contribution is -2.34. The van der Waals surface area contributed by atoms with E-state index in [0.717, 1.165) is 30.9 Å². The quantitative estimate of drug-likeness (QED) is 0.890. The predicted octanol–water partition coefficient (Wildman–Crippen LogP) is 1.70. The number of aryl methyl sites for hydroxylation is 2. The van der Waals surface area contributed by atoms with Gasteiger partial charge in [-0.1, -0.05) is 6.07 Å². The van der Waals surface area contributed by atoms with E-state index < -0.39 is 0 Å². The molecule has 0 aliphatic rings. The Morgan fingerprint density at radius 1 is 1.42 bits per heavy atom. The van der Waals surface area contributed by atoms with Crippen LogP contribution >= 0.6 is 0 Å². The molecule has 0 fully saturated rings. The third-order valence-electron chi connectivity index (χ3n) is 3.55. The minimum absolute atomic E-state index is 0.228. The van der Waals surface area contributed by atoms with E-state index in [4.69, 9.17) is 5.73 Å². The number of nitrogens with two attached hydrogens (primary N) is 1. The van der Waals surface area contributed by atoms with Gasteiger partial charge in [-0.15, -0.1) is 0 Å². The molecule has 2 rings (SSSR count). The number of nitrogens with zero attached hydrogens (tertiary/aromatic N) is 3. The Labute approximate surface area is 115 Å². The molecule has 2 N–H and O–H groups in total. The monoisotopic (exact) mass is 260 g/mol. The van der Waals surface area contributed by atoms with Gasteiger partial charge < -0.3 is 15.2 Å². The Morgan fingerprint density at radius 3 is 2.84 bits per heavy atom. The Morgan fingerprint density at radius 2 is 2.16 bits per heavy atom. The van der Waals surface area contributed by atoms with E-state index in [1.807, 2.05) is 13.8 Å². The number of hydrogen-bond donors (Lipinski definition) is 1. The van der Waals surface area contributed by atoms with Gasteiger partial charge in [0.2, 0.25) is 0 Å². The zero-order chi connectivity index (χ0) is 14.0. The summed E-state index contributed by atoms with van der Waals surface area (Å²) in [5, 5.41) is 0. The van der Waals surface area contributed by atoms with Crippen molar-refractivity contribution in [2.75, 3.05) is 20.1 Å². The molecule has 0 saturated carbocycles. The van der Waals surface area contributed by atoms with Crippen LogP contribution < -0.4 is 5.73 Å². The molecule has 4 nitrogen and oxygen atoms in total. The molecule has 1 aromatic heterocycles. The lowest BCUT2D eigenvalue weighted by Gasteiger charge is -2.18. The van der Waals surface area contributed by atoms with Crippen molar-refractivity contribution >= 4 is 11.0 Å². The van der Waals surface area contributed by atoms with Crippen molar-refractivity contribution in [2.24, 2.45) is 12.8 Å². The second kappa shape index (κ2) is 5.72. The molecule has 0 radical (unpaired) electrons. The SMILES string of the molecule is Cc1nc2cc(CCN(C)CC(C)N)ccc2n1C. The van der Waals surface area contributed by atoms with Crippen LogP contribution in [0.4, 0.5) is 0 Å². The lowest BCUT2D eigenvalue weighted by atomic mass is 10.1. The highest BCUT2D eigenvalue weighted by molar-refractivity contribution is 5.76. The third kappa shape index (κ3) is 3.33. The molecule has 2 aromatic rings. The zero-order valence-electron chi connectivity index (χ0n) is 12.3. The average molecular weight is 260 g/mol.